The van der Waals surface area contributed by atoms with Crippen molar-refractivity contribution in [1.82, 2.24) is 29.6 Å². The number of aryl methyl sites for hydroxylation is 1. The zero-order valence-corrected chi connectivity index (χ0v) is 23.3. The summed E-state index contributed by atoms with van der Waals surface area (Å²) in [6.45, 7) is 7.31. The summed E-state index contributed by atoms with van der Waals surface area (Å²) in [5, 5.41) is 11.7. The molecule has 2 aromatic heterocycles. The molecule has 0 spiro atoms. The lowest BCUT2D eigenvalue weighted by Gasteiger charge is -2.46. The Morgan fingerprint density at radius 1 is 1.12 bits per heavy atom. The Morgan fingerprint density at radius 3 is 2.50 bits per heavy atom. The van der Waals surface area contributed by atoms with Crippen molar-refractivity contribution in [3.8, 4) is 5.69 Å². The minimum atomic E-state index is -4.64. The molecule has 2 heterocycles. The predicted molar refractivity (Wildman–Crippen MR) is 148 cm³/mol. The van der Waals surface area contributed by atoms with E-state index in [1.807, 2.05) is 29.8 Å². The minimum absolute atomic E-state index is 0.0534. The second kappa shape index (κ2) is 10.8. The average Bonchev–Trinajstić information content (AvgIpc) is 3.34. The van der Waals surface area contributed by atoms with Gasteiger partial charge in [-0.2, -0.15) is 13.2 Å². The van der Waals surface area contributed by atoms with Crippen LogP contribution >= 0.6 is 0 Å². The number of hydrogen-bond acceptors (Lipinski definition) is 5. The third kappa shape index (κ3) is 5.05. The molecular weight excluding hydrogens is 517 g/mol. The SMILES string of the molecule is CCC(CC)CNCc1cc(C(F)(F)F)c2ncn(-c3cccc(C4(c5nncn5C)CC(C)C4)c3)c(=O)c2c1. The van der Waals surface area contributed by atoms with Gasteiger partial charge in [0.1, 0.15) is 18.5 Å². The van der Waals surface area contributed by atoms with Gasteiger partial charge in [0.05, 0.1) is 27.6 Å². The van der Waals surface area contributed by atoms with Crippen LogP contribution in [0.4, 0.5) is 13.2 Å². The number of nitrogens with one attached hydrogen (secondary N) is 1. The maximum Gasteiger partial charge on any atom is 0.418 e. The van der Waals surface area contributed by atoms with Gasteiger partial charge in [0, 0.05) is 13.6 Å². The van der Waals surface area contributed by atoms with Crippen molar-refractivity contribution in [3.63, 3.8) is 0 Å². The number of benzene rings is 2. The summed E-state index contributed by atoms with van der Waals surface area (Å²) < 4.78 is 45.4. The Hall–Kier alpha value is -3.53. The number of nitrogens with zero attached hydrogens (tertiary/aromatic N) is 5. The molecule has 0 bridgehead atoms. The smallest absolute Gasteiger partial charge is 0.320 e. The molecule has 2 aromatic carbocycles. The normalized spacial score (nSPS) is 19.4. The van der Waals surface area contributed by atoms with E-state index in [4.69, 9.17) is 0 Å². The van der Waals surface area contributed by atoms with E-state index in [9.17, 15) is 18.0 Å². The van der Waals surface area contributed by atoms with E-state index in [0.717, 1.165) is 43.1 Å². The highest BCUT2D eigenvalue weighted by Crippen LogP contribution is 2.51. The molecule has 0 saturated heterocycles. The molecule has 5 rings (SSSR count). The van der Waals surface area contributed by atoms with Crippen LogP contribution in [0.2, 0.25) is 0 Å². The van der Waals surface area contributed by atoms with Gasteiger partial charge < -0.3 is 9.88 Å². The van der Waals surface area contributed by atoms with Crippen LogP contribution in [0.5, 0.6) is 0 Å². The fourth-order valence-corrected chi connectivity index (χ4v) is 6.14. The number of aromatic nitrogens is 5. The van der Waals surface area contributed by atoms with Crippen molar-refractivity contribution in [1.29, 1.82) is 0 Å². The first-order valence-electron chi connectivity index (χ1n) is 13.8. The molecule has 1 aliphatic carbocycles. The Bertz CT molecular complexity index is 1560. The van der Waals surface area contributed by atoms with E-state index in [1.54, 1.807) is 12.4 Å². The molecule has 7 nitrogen and oxygen atoms in total. The van der Waals surface area contributed by atoms with Gasteiger partial charge in [0.15, 0.2) is 0 Å². The van der Waals surface area contributed by atoms with Crippen molar-refractivity contribution in [3.05, 3.63) is 81.9 Å². The predicted octanol–water partition coefficient (Wildman–Crippen LogP) is 5.77. The molecule has 0 radical (unpaired) electrons. The summed E-state index contributed by atoms with van der Waals surface area (Å²) in [6, 6.07) is 10.2. The van der Waals surface area contributed by atoms with Crippen LogP contribution < -0.4 is 10.9 Å². The number of rotatable bonds is 9. The summed E-state index contributed by atoms with van der Waals surface area (Å²) >= 11 is 0. The second-order valence-corrected chi connectivity index (χ2v) is 11.2. The van der Waals surface area contributed by atoms with Crippen molar-refractivity contribution in [2.75, 3.05) is 6.54 Å². The van der Waals surface area contributed by atoms with Gasteiger partial charge in [-0.15, -0.1) is 10.2 Å². The van der Waals surface area contributed by atoms with E-state index in [2.05, 4.69) is 41.3 Å². The molecule has 1 N–H and O–H groups in total. The van der Waals surface area contributed by atoms with Gasteiger partial charge in [-0.3, -0.25) is 9.36 Å². The molecule has 0 amide bonds. The number of halogens is 3. The first kappa shape index (κ1) is 28.0. The minimum Gasteiger partial charge on any atom is -0.320 e. The Balaban J connectivity index is 1.57. The number of fused-ring (bicyclic) bond motifs is 1. The first-order chi connectivity index (χ1) is 19.1. The van der Waals surface area contributed by atoms with Crippen molar-refractivity contribution in [2.45, 2.75) is 64.6 Å². The maximum atomic E-state index is 14.1. The third-order valence-corrected chi connectivity index (χ3v) is 8.35. The molecule has 1 aliphatic rings. The van der Waals surface area contributed by atoms with Crippen molar-refractivity contribution >= 4 is 10.9 Å². The van der Waals surface area contributed by atoms with Crippen LogP contribution in [0.3, 0.4) is 0 Å². The van der Waals surface area contributed by atoms with Crippen LogP contribution in [0.15, 0.2) is 53.8 Å². The lowest BCUT2D eigenvalue weighted by molar-refractivity contribution is -0.136. The molecule has 0 atom stereocenters. The zero-order chi connectivity index (χ0) is 28.7. The summed E-state index contributed by atoms with van der Waals surface area (Å²) in [4.78, 5) is 17.9. The third-order valence-electron chi connectivity index (χ3n) is 8.35. The van der Waals surface area contributed by atoms with E-state index in [0.29, 0.717) is 29.6 Å². The van der Waals surface area contributed by atoms with Gasteiger partial charge in [-0.1, -0.05) is 45.7 Å². The lowest BCUT2D eigenvalue weighted by Crippen LogP contribution is -2.43. The van der Waals surface area contributed by atoms with Gasteiger partial charge in [0.2, 0.25) is 0 Å². The topological polar surface area (TPSA) is 77.6 Å². The molecule has 0 aliphatic heterocycles. The number of hydrogen-bond donors (Lipinski definition) is 1. The first-order valence-corrected chi connectivity index (χ1v) is 13.8. The van der Waals surface area contributed by atoms with E-state index >= 15 is 0 Å². The average molecular weight is 553 g/mol. The largest absolute Gasteiger partial charge is 0.418 e. The Morgan fingerprint density at radius 2 is 1.88 bits per heavy atom. The van der Waals surface area contributed by atoms with Crippen LogP contribution in [0, 0.1) is 11.8 Å². The zero-order valence-electron chi connectivity index (χ0n) is 23.3. The summed E-state index contributed by atoms with van der Waals surface area (Å²) in [5.74, 6) is 1.80. The maximum absolute atomic E-state index is 14.1. The molecule has 0 unspecified atom stereocenters. The molecular formula is C30H35F3N6O. The van der Waals surface area contributed by atoms with Crippen LogP contribution in [0.25, 0.3) is 16.6 Å². The quantitative estimate of drug-likeness (QED) is 0.285. The van der Waals surface area contributed by atoms with Crippen molar-refractivity contribution in [2.24, 2.45) is 18.9 Å². The van der Waals surface area contributed by atoms with Gasteiger partial charge in [0.25, 0.3) is 5.56 Å². The highest BCUT2D eigenvalue weighted by molar-refractivity contribution is 5.82. The standard InChI is InChI=1S/C30H35F3N6O/c1-5-20(6-2)15-34-16-21-10-24-26(25(11-21)30(31,32)33)35-17-39(27(24)40)23-9-7-8-22(12-23)29(13-19(3)14-29)28-37-36-18-38(28)4/h7-12,17-20,34H,5-6,13-16H2,1-4H3. The molecule has 40 heavy (non-hydrogen) atoms. The number of alkyl halides is 3. The monoisotopic (exact) mass is 552 g/mol. The molecule has 10 heteroatoms. The molecule has 212 valence electrons. The lowest BCUT2D eigenvalue weighted by atomic mass is 9.58. The fraction of sp³-hybridized carbons (Fsp3) is 0.467. The summed E-state index contributed by atoms with van der Waals surface area (Å²) in [7, 11) is 1.91. The van der Waals surface area contributed by atoms with Gasteiger partial charge >= 0.3 is 6.18 Å². The fourth-order valence-electron chi connectivity index (χ4n) is 6.14. The molecule has 1 saturated carbocycles. The Labute approximate surface area is 231 Å². The van der Waals surface area contributed by atoms with E-state index in [-0.39, 0.29) is 22.9 Å². The molecule has 1 fully saturated rings. The highest BCUT2D eigenvalue weighted by atomic mass is 19.4. The van der Waals surface area contributed by atoms with E-state index < -0.39 is 17.3 Å². The van der Waals surface area contributed by atoms with Crippen molar-refractivity contribution < 1.29 is 13.2 Å². The summed E-state index contributed by atoms with van der Waals surface area (Å²) in [5.41, 5.74) is -0.175. The van der Waals surface area contributed by atoms with Gasteiger partial charge in [-0.25, -0.2) is 4.98 Å². The van der Waals surface area contributed by atoms with Crippen LogP contribution in [0.1, 0.15) is 69.0 Å². The Kier molecular flexibility index (Phi) is 7.56. The summed E-state index contributed by atoms with van der Waals surface area (Å²) in [6.07, 6.45) is 1.98. The van der Waals surface area contributed by atoms with E-state index in [1.165, 1.54) is 17.0 Å². The molecule has 4 aromatic rings. The van der Waals surface area contributed by atoms with Crippen LogP contribution in [-0.2, 0) is 25.2 Å². The van der Waals surface area contributed by atoms with Crippen LogP contribution in [-0.4, -0.2) is 30.9 Å². The second-order valence-electron chi connectivity index (χ2n) is 11.2. The highest BCUT2D eigenvalue weighted by Gasteiger charge is 2.48. The van der Waals surface area contributed by atoms with Gasteiger partial charge in [-0.05, 0) is 66.6 Å².